The third-order valence-electron chi connectivity index (χ3n) is 2.10. The lowest BCUT2D eigenvalue weighted by atomic mass is 10.0. The van der Waals surface area contributed by atoms with Gasteiger partial charge in [0.15, 0.2) is 5.78 Å². The van der Waals surface area contributed by atoms with Crippen LogP contribution in [-0.2, 0) is 4.84 Å². The monoisotopic (exact) mass is 207 g/mol. The summed E-state index contributed by atoms with van der Waals surface area (Å²) in [5.41, 5.74) is 0.765. The number of carbonyl (C=O) groups is 2. The largest absolute Gasteiger partial charge is 0.294 e. The Balaban J connectivity index is 3.13. The number of nitrogens with zero attached hydrogens (tertiary/aromatic N) is 1. The molecule has 0 unspecified atom stereocenters. The number of hydrogen-bond acceptors (Lipinski definition) is 3. The fraction of sp³-hybridized carbons (Fsp3) is 0.273. The molecule has 1 aromatic carbocycles. The summed E-state index contributed by atoms with van der Waals surface area (Å²) in [6.07, 6.45) is 0. The summed E-state index contributed by atoms with van der Waals surface area (Å²) in [5.74, 6) is -0.466. The average Bonchev–Trinajstić information content (AvgIpc) is 2.27. The van der Waals surface area contributed by atoms with Crippen molar-refractivity contribution >= 4 is 11.7 Å². The summed E-state index contributed by atoms with van der Waals surface area (Å²) in [6.45, 7) is 1.43. The number of benzene rings is 1. The molecule has 4 heteroatoms. The highest BCUT2D eigenvalue weighted by atomic mass is 16.7. The van der Waals surface area contributed by atoms with Gasteiger partial charge in [0.25, 0.3) is 5.91 Å². The van der Waals surface area contributed by atoms with Crippen LogP contribution in [0.4, 0.5) is 0 Å². The molecule has 0 bridgehead atoms. The van der Waals surface area contributed by atoms with Gasteiger partial charge in [-0.25, -0.2) is 5.06 Å². The minimum atomic E-state index is -0.330. The standard InChI is InChI=1S/C11H13NO3/c1-8(13)9-6-4-5-7-10(9)11(14)12(2)15-3/h4-7H,1-3H3. The first-order chi connectivity index (χ1) is 7.07. The van der Waals surface area contributed by atoms with E-state index >= 15 is 0 Å². The molecule has 0 spiro atoms. The zero-order valence-corrected chi connectivity index (χ0v) is 8.98. The molecule has 0 radical (unpaired) electrons. The molecule has 4 nitrogen and oxygen atoms in total. The zero-order chi connectivity index (χ0) is 11.4. The van der Waals surface area contributed by atoms with Gasteiger partial charge in [-0.3, -0.25) is 14.4 Å². The molecular weight excluding hydrogens is 194 g/mol. The van der Waals surface area contributed by atoms with Gasteiger partial charge in [0.05, 0.1) is 12.7 Å². The number of hydroxylamine groups is 2. The van der Waals surface area contributed by atoms with Crippen molar-refractivity contribution in [2.45, 2.75) is 6.92 Å². The van der Waals surface area contributed by atoms with E-state index in [0.29, 0.717) is 11.1 Å². The molecule has 0 saturated carbocycles. The van der Waals surface area contributed by atoms with E-state index in [4.69, 9.17) is 4.84 Å². The molecule has 1 rings (SSSR count). The maximum atomic E-state index is 11.7. The second-order valence-corrected chi connectivity index (χ2v) is 3.09. The lowest BCUT2D eigenvalue weighted by Crippen LogP contribution is -2.26. The van der Waals surface area contributed by atoms with E-state index in [0.717, 1.165) is 5.06 Å². The first kappa shape index (κ1) is 11.4. The molecule has 1 aromatic rings. The van der Waals surface area contributed by atoms with Crippen molar-refractivity contribution in [1.29, 1.82) is 0 Å². The Morgan fingerprint density at radius 3 is 2.20 bits per heavy atom. The van der Waals surface area contributed by atoms with Crippen molar-refractivity contribution in [1.82, 2.24) is 5.06 Å². The number of Topliss-reactive ketones (excluding diaryl/α,β-unsaturated/α-hetero) is 1. The van der Waals surface area contributed by atoms with Gasteiger partial charge in [0.2, 0.25) is 0 Å². The Morgan fingerprint density at radius 1 is 1.20 bits per heavy atom. The van der Waals surface area contributed by atoms with Crippen LogP contribution in [0.5, 0.6) is 0 Å². The van der Waals surface area contributed by atoms with Gasteiger partial charge in [-0.2, -0.15) is 0 Å². The Hall–Kier alpha value is -1.68. The summed E-state index contributed by atoms with van der Waals surface area (Å²) in [4.78, 5) is 27.8. The number of amides is 1. The Bertz CT molecular complexity index is 387. The van der Waals surface area contributed by atoms with E-state index in [9.17, 15) is 9.59 Å². The lowest BCUT2D eigenvalue weighted by Gasteiger charge is -2.15. The minimum Gasteiger partial charge on any atom is -0.294 e. The maximum Gasteiger partial charge on any atom is 0.277 e. The van der Waals surface area contributed by atoms with Crippen molar-refractivity contribution in [2.24, 2.45) is 0 Å². The van der Waals surface area contributed by atoms with E-state index in [1.807, 2.05) is 0 Å². The highest BCUT2D eigenvalue weighted by Crippen LogP contribution is 2.11. The predicted octanol–water partition coefficient (Wildman–Crippen LogP) is 1.52. The topological polar surface area (TPSA) is 46.6 Å². The van der Waals surface area contributed by atoms with E-state index in [1.54, 1.807) is 24.3 Å². The third-order valence-corrected chi connectivity index (χ3v) is 2.10. The Morgan fingerprint density at radius 2 is 1.73 bits per heavy atom. The van der Waals surface area contributed by atoms with Gasteiger partial charge in [-0.15, -0.1) is 0 Å². The Kier molecular flexibility index (Phi) is 3.57. The summed E-state index contributed by atoms with van der Waals surface area (Å²) < 4.78 is 0. The smallest absolute Gasteiger partial charge is 0.277 e. The second-order valence-electron chi connectivity index (χ2n) is 3.09. The Labute approximate surface area is 88.4 Å². The molecule has 0 saturated heterocycles. The molecule has 0 aliphatic heterocycles. The molecule has 15 heavy (non-hydrogen) atoms. The molecular formula is C11H13NO3. The summed E-state index contributed by atoms with van der Waals surface area (Å²) in [5, 5.41) is 1.09. The summed E-state index contributed by atoms with van der Waals surface area (Å²) in [7, 11) is 2.90. The molecule has 80 valence electrons. The van der Waals surface area contributed by atoms with Crippen LogP contribution in [0.2, 0.25) is 0 Å². The van der Waals surface area contributed by atoms with Gasteiger partial charge >= 0.3 is 0 Å². The number of rotatable bonds is 3. The summed E-state index contributed by atoms with van der Waals surface area (Å²) >= 11 is 0. The van der Waals surface area contributed by atoms with Crippen LogP contribution in [0.3, 0.4) is 0 Å². The van der Waals surface area contributed by atoms with Crippen LogP contribution in [0.25, 0.3) is 0 Å². The minimum absolute atomic E-state index is 0.136. The fourth-order valence-corrected chi connectivity index (χ4v) is 1.23. The van der Waals surface area contributed by atoms with E-state index in [-0.39, 0.29) is 11.7 Å². The number of ketones is 1. The van der Waals surface area contributed by atoms with E-state index in [2.05, 4.69) is 0 Å². The lowest BCUT2D eigenvalue weighted by molar-refractivity contribution is -0.0757. The van der Waals surface area contributed by atoms with Crippen molar-refractivity contribution < 1.29 is 14.4 Å². The van der Waals surface area contributed by atoms with Gasteiger partial charge in [0, 0.05) is 12.6 Å². The highest BCUT2D eigenvalue weighted by Gasteiger charge is 2.16. The van der Waals surface area contributed by atoms with Gasteiger partial charge in [-0.1, -0.05) is 18.2 Å². The molecule has 0 heterocycles. The van der Waals surface area contributed by atoms with Crippen molar-refractivity contribution in [3.63, 3.8) is 0 Å². The van der Waals surface area contributed by atoms with Crippen LogP contribution in [0, 0.1) is 0 Å². The first-order valence-electron chi connectivity index (χ1n) is 4.50. The van der Waals surface area contributed by atoms with Gasteiger partial charge in [-0.05, 0) is 13.0 Å². The fourth-order valence-electron chi connectivity index (χ4n) is 1.23. The molecule has 1 amide bonds. The van der Waals surface area contributed by atoms with E-state index < -0.39 is 0 Å². The van der Waals surface area contributed by atoms with Crippen molar-refractivity contribution in [3.05, 3.63) is 35.4 Å². The summed E-state index contributed by atoms with van der Waals surface area (Å²) in [6, 6.07) is 6.66. The average molecular weight is 207 g/mol. The van der Waals surface area contributed by atoms with Crippen LogP contribution in [0.15, 0.2) is 24.3 Å². The maximum absolute atomic E-state index is 11.7. The molecule has 0 fully saturated rings. The van der Waals surface area contributed by atoms with Gasteiger partial charge in [0.1, 0.15) is 0 Å². The molecule has 0 N–H and O–H groups in total. The molecule has 0 aliphatic carbocycles. The second kappa shape index (κ2) is 4.70. The molecule has 0 aliphatic rings. The molecule has 0 atom stereocenters. The quantitative estimate of drug-likeness (QED) is 0.557. The SMILES string of the molecule is CON(C)C(=O)c1ccccc1C(C)=O. The predicted molar refractivity (Wildman–Crippen MR) is 55.5 cm³/mol. The third kappa shape index (κ3) is 2.41. The van der Waals surface area contributed by atoms with Crippen LogP contribution >= 0.6 is 0 Å². The van der Waals surface area contributed by atoms with Gasteiger partial charge < -0.3 is 0 Å². The van der Waals surface area contributed by atoms with Crippen molar-refractivity contribution in [3.8, 4) is 0 Å². The van der Waals surface area contributed by atoms with Crippen LogP contribution < -0.4 is 0 Å². The van der Waals surface area contributed by atoms with Crippen LogP contribution in [-0.4, -0.2) is 30.9 Å². The van der Waals surface area contributed by atoms with Crippen molar-refractivity contribution in [2.75, 3.05) is 14.2 Å². The normalized spacial score (nSPS) is 9.80. The highest BCUT2D eigenvalue weighted by molar-refractivity contribution is 6.06. The van der Waals surface area contributed by atoms with E-state index in [1.165, 1.54) is 21.1 Å². The number of carbonyl (C=O) groups excluding carboxylic acids is 2. The zero-order valence-electron chi connectivity index (χ0n) is 8.98. The first-order valence-corrected chi connectivity index (χ1v) is 4.50. The number of hydrogen-bond donors (Lipinski definition) is 0. The van der Waals surface area contributed by atoms with Crippen LogP contribution in [0.1, 0.15) is 27.6 Å². The molecule has 0 aromatic heterocycles.